The molecular formula is C28H37F3N6O2S. The fourth-order valence-corrected chi connectivity index (χ4v) is 6.10. The monoisotopic (exact) mass is 578 g/mol. The molecule has 218 valence electrons. The zero-order chi connectivity index (χ0) is 29.5. The summed E-state index contributed by atoms with van der Waals surface area (Å²) in [5, 5.41) is 3.92. The summed E-state index contributed by atoms with van der Waals surface area (Å²) in [5.74, 6) is 5.51. The number of nitrogens with two attached hydrogens (primary N) is 2. The third-order valence-corrected chi connectivity index (χ3v) is 8.73. The molecule has 0 radical (unpaired) electrons. The van der Waals surface area contributed by atoms with Crippen LogP contribution in [0.4, 0.5) is 13.2 Å². The van der Waals surface area contributed by atoms with Crippen LogP contribution in [0.5, 0.6) is 0 Å². The van der Waals surface area contributed by atoms with Gasteiger partial charge in [0.25, 0.3) is 0 Å². The number of likely N-dealkylation sites (tertiary alicyclic amines) is 1. The van der Waals surface area contributed by atoms with Gasteiger partial charge in [0.1, 0.15) is 17.5 Å². The van der Waals surface area contributed by atoms with E-state index in [4.69, 9.17) is 11.6 Å². The number of alkyl halides is 3. The highest BCUT2D eigenvalue weighted by Crippen LogP contribution is 2.60. The second kappa shape index (κ2) is 11.0. The predicted octanol–water partition coefficient (Wildman–Crippen LogP) is 4.46. The largest absolute Gasteiger partial charge is 0.400 e. The average molecular weight is 579 g/mol. The Balaban J connectivity index is 1.44. The molecule has 2 amide bonds. The normalized spacial score (nSPS) is 19.9. The summed E-state index contributed by atoms with van der Waals surface area (Å²) in [4.78, 5) is 33.8. The number of hydrazine groups is 1. The van der Waals surface area contributed by atoms with Crippen molar-refractivity contribution < 1.29 is 22.8 Å². The van der Waals surface area contributed by atoms with Crippen molar-refractivity contribution in [2.24, 2.45) is 22.4 Å². The number of thiazole rings is 1. The standard InChI is InChI=1S/C28H37F3N6O2S/c1-17-22(40-16-35-17)19-9-7-18(8-10-19)14-34-24(38)20-6-5-13-36(20)25(39)23(26(2,3)4)37(33)15-21(32)27(11-12-27)28(29,30)31/h7-10,15-16,20,23H,5-6,11-14,32-33H2,1-4H3,(H,34,38)/b21-15-. The number of nitrogens with zero attached hydrogens (tertiary/aromatic N) is 3. The van der Waals surface area contributed by atoms with Crippen molar-refractivity contribution in [2.75, 3.05) is 6.54 Å². The minimum Gasteiger partial charge on any atom is -0.400 e. The third kappa shape index (κ3) is 5.97. The minimum atomic E-state index is -4.49. The van der Waals surface area contributed by atoms with E-state index in [0.29, 0.717) is 25.9 Å². The van der Waals surface area contributed by atoms with Gasteiger partial charge in [-0.2, -0.15) is 13.2 Å². The maximum absolute atomic E-state index is 13.8. The van der Waals surface area contributed by atoms with Crippen molar-refractivity contribution in [1.82, 2.24) is 20.2 Å². The molecule has 40 heavy (non-hydrogen) atoms. The predicted molar refractivity (Wildman–Crippen MR) is 148 cm³/mol. The number of carbonyl (C=O) groups is 2. The van der Waals surface area contributed by atoms with Gasteiger partial charge in [-0.15, -0.1) is 11.3 Å². The number of hydrogen-bond donors (Lipinski definition) is 3. The first kappa shape index (κ1) is 29.9. The van der Waals surface area contributed by atoms with Crippen LogP contribution in [0.2, 0.25) is 0 Å². The van der Waals surface area contributed by atoms with Crippen molar-refractivity contribution in [1.29, 1.82) is 0 Å². The summed E-state index contributed by atoms with van der Waals surface area (Å²) in [6, 6.07) is 6.14. The van der Waals surface area contributed by atoms with Crippen LogP contribution in [0.25, 0.3) is 10.4 Å². The Morgan fingerprint density at radius 2 is 1.90 bits per heavy atom. The molecule has 0 bridgehead atoms. The van der Waals surface area contributed by atoms with Gasteiger partial charge in [-0.05, 0) is 49.1 Å². The van der Waals surface area contributed by atoms with Crippen molar-refractivity contribution in [2.45, 2.75) is 78.2 Å². The first-order valence-electron chi connectivity index (χ1n) is 13.3. The Hall–Kier alpha value is -3.12. The summed E-state index contributed by atoms with van der Waals surface area (Å²) in [5.41, 5.74) is 7.37. The molecule has 8 nitrogen and oxygen atoms in total. The van der Waals surface area contributed by atoms with E-state index in [1.807, 2.05) is 31.2 Å². The molecule has 1 aromatic heterocycles. The molecule has 1 saturated heterocycles. The zero-order valence-electron chi connectivity index (χ0n) is 23.2. The smallest absolute Gasteiger partial charge is 0.399 e. The maximum atomic E-state index is 13.8. The molecule has 1 aliphatic carbocycles. The quantitative estimate of drug-likeness (QED) is 0.315. The molecule has 2 aliphatic rings. The van der Waals surface area contributed by atoms with E-state index >= 15 is 0 Å². The lowest BCUT2D eigenvalue weighted by Gasteiger charge is -2.39. The first-order valence-corrected chi connectivity index (χ1v) is 14.2. The van der Waals surface area contributed by atoms with Gasteiger partial charge in [-0.3, -0.25) is 9.59 Å². The number of hydrogen-bond acceptors (Lipinski definition) is 7. The van der Waals surface area contributed by atoms with Gasteiger partial charge in [0.15, 0.2) is 0 Å². The molecule has 1 saturated carbocycles. The van der Waals surface area contributed by atoms with Gasteiger partial charge in [-0.1, -0.05) is 45.0 Å². The number of rotatable bonds is 8. The molecule has 12 heteroatoms. The molecule has 2 unspecified atom stereocenters. The molecule has 1 aromatic carbocycles. The Morgan fingerprint density at radius 3 is 2.42 bits per heavy atom. The van der Waals surface area contributed by atoms with E-state index in [0.717, 1.165) is 32.9 Å². The summed E-state index contributed by atoms with van der Waals surface area (Å²) in [7, 11) is 0. The molecule has 2 fully saturated rings. The number of aryl methyl sites for hydroxylation is 1. The molecule has 1 aliphatic heterocycles. The fraction of sp³-hybridized carbons (Fsp3) is 0.536. The molecular weight excluding hydrogens is 541 g/mol. The summed E-state index contributed by atoms with van der Waals surface area (Å²) >= 11 is 1.57. The Kier molecular flexibility index (Phi) is 8.24. The first-order chi connectivity index (χ1) is 18.7. The lowest BCUT2D eigenvalue weighted by Crippen LogP contribution is -2.58. The van der Waals surface area contributed by atoms with Crippen LogP contribution in [0, 0.1) is 17.8 Å². The van der Waals surface area contributed by atoms with Gasteiger partial charge in [0.2, 0.25) is 11.8 Å². The molecule has 2 heterocycles. The second-order valence-electron chi connectivity index (χ2n) is 11.8. The highest BCUT2D eigenvalue weighted by Gasteiger charge is 2.65. The van der Waals surface area contributed by atoms with E-state index in [9.17, 15) is 22.8 Å². The number of amides is 2. The molecule has 5 N–H and O–H groups in total. The van der Waals surface area contributed by atoms with Gasteiger partial charge < -0.3 is 21.0 Å². The van der Waals surface area contributed by atoms with Crippen molar-refractivity contribution in [3.8, 4) is 10.4 Å². The topological polar surface area (TPSA) is 118 Å². The van der Waals surface area contributed by atoms with E-state index in [1.165, 1.54) is 4.90 Å². The number of halogens is 3. The summed E-state index contributed by atoms with van der Waals surface area (Å²) < 4.78 is 40.7. The van der Waals surface area contributed by atoms with Gasteiger partial charge >= 0.3 is 6.18 Å². The molecule has 4 rings (SSSR count). The molecule has 2 atom stereocenters. The Labute approximate surface area is 236 Å². The van der Waals surface area contributed by atoms with E-state index in [2.05, 4.69) is 10.3 Å². The van der Waals surface area contributed by atoms with E-state index in [1.54, 1.807) is 37.6 Å². The maximum Gasteiger partial charge on any atom is 0.399 e. The number of carbonyl (C=O) groups excluding carboxylic acids is 2. The van der Waals surface area contributed by atoms with Gasteiger partial charge in [0.05, 0.1) is 16.1 Å². The van der Waals surface area contributed by atoms with E-state index in [-0.39, 0.29) is 18.7 Å². The van der Waals surface area contributed by atoms with Crippen LogP contribution in [0.1, 0.15) is 57.7 Å². The number of benzene rings is 1. The third-order valence-electron chi connectivity index (χ3n) is 7.75. The van der Waals surface area contributed by atoms with Crippen molar-refractivity contribution >= 4 is 23.2 Å². The lowest BCUT2D eigenvalue weighted by molar-refractivity contribution is -0.175. The average Bonchev–Trinajstić information content (AvgIpc) is 3.37. The Bertz CT molecular complexity index is 1260. The zero-order valence-corrected chi connectivity index (χ0v) is 24.0. The van der Waals surface area contributed by atoms with Crippen LogP contribution >= 0.6 is 11.3 Å². The lowest BCUT2D eigenvalue weighted by atomic mass is 9.85. The van der Waals surface area contributed by atoms with Crippen LogP contribution in [-0.2, 0) is 16.1 Å². The Morgan fingerprint density at radius 1 is 1.25 bits per heavy atom. The molecule has 0 spiro atoms. The molecule has 2 aromatic rings. The van der Waals surface area contributed by atoms with Crippen molar-refractivity contribution in [3.63, 3.8) is 0 Å². The summed E-state index contributed by atoms with van der Waals surface area (Å²) in [6.45, 7) is 7.94. The number of aromatic nitrogens is 1. The highest BCUT2D eigenvalue weighted by atomic mass is 32.1. The van der Waals surface area contributed by atoms with Crippen LogP contribution in [0.15, 0.2) is 41.7 Å². The van der Waals surface area contributed by atoms with Crippen LogP contribution in [-0.4, -0.2) is 51.5 Å². The minimum absolute atomic E-state index is 0.108. The van der Waals surface area contributed by atoms with E-state index < -0.39 is 40.7 Å². The van der Waals surface area contributed by atoms with Crippen LogP contribution in [0.3, 0.4) is 0 Å². The van der Waals surface area contributed by atoms with Crippen LogP contribution < -0.4 is 16.9 Å². The van der Waals surface area contributed by atoms with Gasteiger partial charge in [0, 0.05) is 25.0 Å². The number of allylic oxidation sites excluding steroid dienone is 1. The van der Waals surface area contributed by atoms with Gasteiger partial charge in [-0.25, -0.2) is 10.8 Å². The SMILES string of the molecule is Cc1ncsc1-c1ccc(CNC(=O)C2CCCN2C(=O)C(N(N)/C=C(\N)C2(C(F)(F)F)CC2)C(C)(C)C)cc1. The second-order valence-corrected chi connectivity index (χ2v) is 12.6. The highest BCUT2D eigenvalue weighted by molar-refractivity contribution is 7.13. The summed E-state index contributed by atoms with van der Waals surface area (Å²) in [6.07, 6.45) is -2.56. The fourth-order valence-electron chi connectivity index (χ4n) is 5.28. The number of nitrogens with one attached hydrogen (secondary N) is 1. The van der Waals surface area contributed by atoms with Crippen molar-refractivity contribution in [3.05, 3.63) is 52.9 Å².